The largest absolute Gasteiger partial charge is 0.298 e. The Balaban J connectivity index is 2.21. The van der Waals surface area contributed by atoms with Crippen molar-refractivity contribution in [2.45, 2.75) is 26.2 Å². The fourth-order valence-corrected chi connectivity index (χ4v) is 2.38. The van der Waals surface area contributed by atoms with E-state index in [4.69, 9.17) is 0 Å². The van der Waals surface area contributed by atoms with Gasteiger partial charge in [-0.15, -0.1) is 0 Å². The molecule has 2 unspecified atom stereocenters. The Morgan fingerprint density at radius 3 is 2.41 bits per heavy atom. The van der Waals surface area contributed by atoms with E-state index in [-0.39, 0.29) is 17.1 Å². The van der Waals surface area contributed by atoms with Gasteiger partial charge in [0.1, 0.15) is 5.92 Å². The third-order valence-corrected chi connectivity index (χ3v) is 4.00. The summed E-state index contributed by atoms with van der Waals surface area (Å²) in [5.74, 6) is -0.495. The quantitative estimate of drug-likeness (QED) is 0.852. The van der Waals surface area contributed by atoms with Crippen molar-refractivity contribution in [2.24, 2.45) is 11.3 Å². The minimum absolute atomic E-state index is 0.0517. The van der Waals surface area contributed by atoms with Gasteiger partial charge >= 0.3 is 0 Å². The van der Waals surface area contributed by atoms with Crippen LogP contribution in [0.2, 0.25) is 0 Å². The number of nitrogens with zero attached hydrogens (tertiary/aromatic N) is 1. The summed E-state index contributed by atoms with van der Waals surface area (Å²) in [5.41, 5.74) is 0.880. The highest BCUT2D eigenvalue weighted by Crippen LogP contribution is 2.53. The van der Waals surface area contributed by atoms with Crippen LogP contribution in [0, 0.1) is 22.7 Å². The SMILES string of the molecule is CC1(C)CC1C(=O)C(C#N)c1ccc(Br)cc1. The maximum absolute atomic E-state index is 12.2. The Hall–Kier alpha value is -1.14. The molecule has 0 spiro atoms. The molecule has 3 heteroatoms. The van der Waals surface area contributed by atoms with E-state index in [1.807, 2.05) is 24.3 Å². The fraction of sp³-hybridized carbons (Fsp3) is 0.429. The number of Topliss-reactive ketones (excluding diaryl/α,β-unsaturated/α-hetero) is 1. The standard InChI is InChI=1S/C14H14BrNO/c1-14(2)7-12(14)13(17)11(8-16)9-3-5-10(15)6-4-9/h3-6,11-12H,7H2,1-2H3. The van der Waals surface area contributed by atoms with Crippen molar-refractivity contribution >= 4 is 21.7 Å². The number of carbonyl (C=O) groups is 1. The van der Waals surface area contributed by atoms with Gasteiger partial charge in [0.25, 0.3) is 0 Å². The first kappa shape index (κ1) is 12.3. The van der Waals surface area contributed by atoms with E-state index in [0.29, 0.717) is 0 Å². The molecule has 0 N–H and O–H groups in total. The smallest absolute Gasteiger partial charge is 0.158 e. The number of rotatable bonds is 3. The average Bonchev–Trinajstić information content (AvgIpc) is 2.91. The number of hydrogen-bond donors (Lipinski definition) is 0. The van der Waals surface area contributed by atoms with Gasteiger partial charge in [-0.1, -0.05) is 41.9 Å². The van der Waals surface area contributed by atoms with Crippen molar-refractivity contribution in [1.29, 1.82) is 5.26 Å². The van der Waals surface area contributed by atoms with Crippen LogP contribution in [0.5, 0.6) is 0 Å². The lowest BCUT2D eigenvalue weighted by Gasteiger charge is -2.09. The first-order valence-corrected chi connectivity index (χ1v) is 6.44. The Labute approximate surface area is 110 Å². The molecule has 1 aromatic rings. The van der Waals surface area contributed by atoms with Crippen molar-refractivity contribution in [1.82, 2.24) is 0 Å². The normalized spacial score (nSPS) is 22.6. The summed E-state index contributed by atoms with van der Waals surface area (Å²) < 4.78 is 0.956. The predicted octanol–water partition coefficient (Wildman–Crippen LogP) is 3.67. The van der Waals surface area contributed by atoms with E-state index < -0.39 is 5.92 Å². The van der Waals surface area contributed by atoms with Crippen LogP contribution in [-0.4, -0.2) is 5.78 Å². The van der Waals surface area contributed by atoms with E-state index in [2.05, 4.69) is 35.8 Å². The lowest BCUT2D eigenvalue weighted by atomic mass is 9.91. The molecule has 0 radical (unpaired) electrons. The van der Waals surface area contributed by atoms with Crippen LogP contribution in [0.4, 0.5) is 0 Å². The Kier molecular flexibility index (Phi) is 3.09. The molecule has 17 heavy (non-hydrogen) atoms. The molecule has 1 aliphatic rings. The molecule has 0 aromatic heterocycles. The summed E-state index contributed by atoms with van der Waals surface area (Å²) in [4.78, 5) is 12.2. The summed E-state index contributed by atoms with van der Waals surface area (Å²) >= 11 is 3.35. The molecule has 0 saturated heterocycles. The minimum atomic E-state index is -0.616. The van der Waals surface area contributed by atoms with E-state index in [1.54, 1.807) is 0 Å². The molecule has 2 rings (SSSR count). The molecular formula is C14H14BrNO. The van der Waals surface area contributed by atoms with Gasteiger partial charge in [-0.2, -0.15) is 5.26 Å². The van der Waals surface area contributed by atoms with Gasteiger partial charge < -0.3 is 0 Å². The third-order valence-electron chi connectivity index (χ3n) is 3.47. The Morgan fingerprint density at radius 1 is 1.47 bits per heavy atom. The molecule has 2 nitrogen and oxygen atoms in total. The minimum Gasteiger partial charge on any atom is -0.298 e. The first-order valence-electron chi connectivity index (χ1n) is 5.64. The maximum Gasteiger partial charge on any atom is 0.158 e. The summed E-state index contributed by atoms with van der Waals surface area (Å²) in [6.45, 7) is 4.15. The summed E-state index contributed by atoms with van der Waals surface area (Å²) in [7, 11) is 0. The Bertz CT molecular complexity index is 484. The van der Waals surface area contributed by atoms with Crippen LogP contribution in [-0.2, 0) is 4.79 Å². The lowest BCUT2D eigenvalue weighted by molar-refractivity contribution is -0.121. The van der Waals surface area contributed by atoms with Crippen LogP contribution in [0.1, 0.15) is 31.7 Å². The highest BCUT2D eigenvalue weighted by atomic mass is 79.9. The monoisotopic (exact) mass is 291 g/mol. The van der Waals surface area contributed by atoms with Crippen LogP contribution < -0.4 is 0 Å². The zero-order valence-corrected chi connectivity index (χ0v) is 11.5. The number of halogens is 1. The number of nitriles is 1. The van der Waals surface area contributed by atoms with Crippen molar-refractivity contribution in [3.8, 4) is 6.07 Å². The van der Waals surface area contributed by atoms with Crippen molar-refractivity contribution in [3.05, 3.63) is 34.3 Å². The van der Waals surface area contributed by atoms with E-state index in [1.165, 1.54) is 0 Å². The number of benzene rings is 1. The zero-order valence-electron chi connectivity index (χ0n) is 9.90. The summed E-state index contributed by atoms with van der Waals surface area (Å²) in [5, 5.41) is 9.18. The topological polar surface area (TPSA) is 40.9 Å². The first-order chi connectivity index (χ1) is 7.95. The molecule has 0 heterocycles. The molecule has 0 amide bonds. The van der Waals surface area contributed by atoms with Crippen LogP contribution >= 0.6 is 15.9 Å². The molecule has 88 valence electrons. The second-order valence-electron chi connectivity index (χ2n) is 5.26. The zero-order chi connectivity index (χ0) is 12.6. The van der Waals surface area contributed by atoms with Crippen molar-refractivity contribution in [3.63, 3.8) is 0 Å². The molecule has 1 fully saturated rings. The second-order valence-corrected chi connectivity index (χ2v) is 6.18. The molecule has 2 atom stereocenters. The number of ketones is 1. The molecular weight excluding hydrogens is 278 g/mol. The van der Waals surface area contributed by atoms with Crippen LogP contribution in [0.15, 0.2) is 28.7 Å². The average molecular weight is 292 g/mol. The van der Waals surface area contributed by atoms with Gasteiger partial charge in [0.05, 0.1) is 6.07 Å². The van der Waals surface area contributed by atoms with Crippen LogP contribution in [0.25, 0.3) is 0 Å². The van der Waals surface area contributed by atoms with Gasteiger partial charge in [0, 0.05) is 10.4 Å². The van der Waals surface area contributed by atoms with E-state index >= 15 is 0 Å². The van der Waals surface area contributed by atoms with Gasteiger partial charge in [-0.05, 0) is 29.5 Å². The van der Waals surface area contributed by atoms with E-state index in [9.17, 15) is 10.1 Å². The highest BCUT2D eigenvalue weighted by Gasteiger charge is 2.52. The molecule has 1 aromatic carbocycles. The van der Waals surface area contributed by atoms with E-state index in [0.717, 1.165) is 16.5 Å². The fourth-order valence-electron chi connectivity index (χ4n) is 2.11. The second kappa shape index (κ2) is 4.27. The van der Waals surface area contributed by atoms with Gasteiger partial charge in [-0.3, -0.25) is 4.79 Å². The molecule has 1 saturated carbocycles. The van der Waals surface area contributed by atoms with Gasteiger partial charge in [-0.25, -0.2) is 0 Å². The summed E-state index contributed by atoms with van der Waals surface area (Å²) in [6, 6.07) is 9.54. The highest BCUT2D eigenvalue weighted by molar-refractivity contribution is 9.10. The summed E-state index contributed by atoms with van der Waals surface area (Å²) in [6.07, 6.45) is 0.903. The lowest BCUT2D eigenvalue weighted by Crippen LogP contribution is -2.15. The maximum atomic E-state index is 12.2. The Morgan fingerprint density at radius 2 is 2.00 bits per heavy atom. The van der Waals surface area contributed by atoms with Crippen molar-refractivity contribution < 1.29 is 4.79 Å². The predicted molar refractivity (Wildman–Crippen MR) is 69.4 cm³/mol. The van der Waals surface area contributed by atoms with Crippen LogP contribution in [0.3, 0.4) is 0 Å². The molecule has 0 aliphatic heterocycles. The van der Waals surface area contributed by atoms with Gasteiger partial charge in [0.2, 0.25) is 0 Å². The van der Waals surface area contributed by atoms with Gasteiger partial charge in [0.15, 0.2) is 5.78 Å². The van der Waals surface area contributed by atoms with Crippen molar-refractivity contribution in [2.75, 3.05) is 0 Å². The third kappa shape index (κ3) is 2.42. The molecule has 0 bridgehead atoms. The number of hydrogen-bond acceptors (Lipinski definition) is 2. The molecule has 1 aliphatic carbocycles. The number of carbonyl (C=O) groups excluding carboxylic acids is 1.